The van der Waals surface area contributed by atoms with Gasteiger partial charge in [-0.15, -0.1) is 0 Å². The second-order valence-electron chi connectivity index (χ2n) is 2.73. The number of esters is 1. The molecule has 0 spiro atoms. The van der Waals surface area contributed by atoms with Crippen molar-refractivity contribution in [1.29, 1.82) is 0 Å². The SMILES string of the molecule is C=C(C)C(=O)OCC(=O)NC(=O)C(F)(F)F. The average molecular weight is 239 g/mol. The number of carbonyl (C=O) groups excluding carboxylic acids is 3. The summed E-state index contributed by atoms with van der Waals surface area (Å²) in [5.41, 5.74) is -0.0186. The molecule has 0 rings (SSSR count). The molecule has 1 N–H and O–H groups in total. The van der Waals surface area contributed by atoms with Crippen LogP contribution in [0.3, 0.4) is 0 Å². The smallest absolute Gasteiger partial charge is 0.452 e. The first kappa shape index (κ1) is 14.1. The summed E-state index contributed by atoms with van der Waals surface area (Å²) in [7, 11) is 0. The number of nitrogens with one attached hydrogen (secondary N) is 1. The van der Waals surface area contributed by atoms with E-state index in [0.29, 0.717) is 0 Å². The summed E-state index contributed by atoms with van der Waals surface area (Å²) in [6, 6.07) is 0. The van der Waals surface area contributed by atoms with Crippen LogP contribution in [0.25, 0.3) is 0 Å². The second-order valence-corrected chi connectivity index (χ2v) is 2.73. The zero-order valence-corrected chi connectivity index (χ0v) is 8.18. The molecule has 16 heavy (non-hydrogen) atoms. The van der Waals surface area contributed by atoms with Gasteiger partial charge in [0.1, 0.15) is 0 Å². The first-order chi connectivity index (χ1) is 7.14. The monoisotopic (exact) mass is 239 g/mol. The van der Waals surface area contributed by atoms with Gasteiger partial charge in [0.05, 0.1) is 0 Å². The van der Waals surface area contributed by atoms with Gasteiger partial charge in [0, 0.05) is 5.57 Å². The molecule has 0 saturated heterocycles. The van der Waals surface area contributed by atoms with Crippen molar-refractivity contribution in [3.8, 4) is 0 Å². The fourth-order valence-corrected chi connectivity index (χ4v) is 0.488. The van der Waals surface area contributed by atoms with Crippen LogP contribution in [-0.4, -0.2) is 30.6 Å². The minimum atomic E-state index is -5.16. The third-order valence-electron chi connectivity index (χ3n) is 1.19. The summed E-state index contributed by atoms with van der Waals surface area (Å²) in [5, 5.41) is 1.00. The van der Waals surface area contributed by atoms with Crippen LogP contribution in [0.15, 0.2) is 12.2 Å². The third-order valence-corrected chi connectivity index (χ3v) is 1.19. The molecule has 5 nitrogen and oxygen atoms in total. The van der Waals surface area contributed by atoms with Gasteiger partial charge in [0.15, 0.2) is 6.61 Å². The van der Waals surface area contributed by atoms with Crippen molar-refractivity contribution in [1.82, 2.24) is 5.32 Å². The molecule has 8 heteroatoms. The minimum Gasteiger partial charge on any atom is -0.452 e. The molecule has 0 aromatic heterocycles. The largest absolute Gasteiger partial charge is 0.471 e. The van der Waals surface area contributed by atoms with Crippen molar-refractivity contribution in [2.24, 2.45) is 0 Å². The Hall–Kier alpha value is -1.86. The van der Waals surface area contributed by atoms with E-state index in [0.717, 1.165) is 5.32 Å². The molecular formula is C8H8F3NO4. The van der Waals surface area contributed by atoms with E-state index in [1.807, 2.05) is 0 Å². The Morgan fingerprint density at radius 3 is 2.19 bits per heavy atom. The van der Waals surface area contributed by atoms with Gasteiger partial charge < -0.3 is 4.74 Å². The number of alkyl halides is 3. The molecule has 0 aliphatic heterocycles. The molecule has 0 aromatic rings. The van der Waals surface area contributed by atoms with Gasteiger partial charge in [-0.3, -0.25) is 14.9 Å². The van der Waals surface area contributed by atoms with Crippen molar-refractivity contribution in [2.75, 3.05) is 6.61 Å². The predicted octanol–water partition coefficient (Wildman–Crippen LogP) is 0.311. The summed E-state index contributed by atoms with van der Waals surface area (Å²) in [5.74, 6) is -4.71. The highest BCUT2D eigenvalue weighted by molar-refractivity contribution is 5.99. The van der Waals surface area contributed by atoms with Crippen molar-refractivity contribution < 1.29 is 32.3 Å². The summed E-state index contributed by atoms with van der Waals surface area (Å²) in [6.07, 6.45) is -5.16. The lowest BCUT2D eigenvalue weighted by atomic mass is 10.4. The standard InChI is InChI=1S/C8H8F3NO4/c1-4(2)6(14)16-3-5(13)12-7(15)8(9,10)11/h1,3H2,2H3,(H,12,13,15). The fraction of sp³-hybridized carbons (Fsp3) is 0.375. The zero-order chi connectivity index (χ0) is 12.9. The average Bonchev–Trinajstić information content (AvgIpc) is 2.12. The molecule has 0 radical (unpaired) electrons. The summed E-state index contributed by atoms with van der Waals surface area (Å²) in [4.78, 5) is 31.6. The molecular weight excluding hydrogens is 231 g/mol. The van der Waals surface area contributed by atoms with Crippen LogP contribution in [0.1, 0.15) is 6.92 Å². The lowest BCUT2D eigenvalue weighted by molar-refractivity contribution is -0.175. The predicted molar refractivity (Wildman–Crippen MR) is 45.0 cm³/mol. The van der Waals surface area contributed by atoms with Crippen LogP contribution in [0, 0.1) is 0 Å². The zero-order valence-electron chi connectivity index (χ0n) is 8.18. The first-order valence-electron chi connectivity index (χ1n) is 3.88. The number of ether oxygens (including phenoxy) is 1. The summed E-state index contributed by atoms with van der Waals surface area (Å²) >= 11 is 0. The topological polar surface area (TPSA) is 72.5 Å². The number of carbonyl (C=O) groups is 3. The normalized spacial score (nSPS) is 10.5. The first-order valence-corrected chi connectivity index (χ1v) is 3.88. The van der Waals surface area contributed by atoms with Gasteiger partial charge in [-0.25, -0.2) is 4.79 Å². The van der Waals surface area contributed by atoms with Crippen LogP contribution in [0.4, 0.5) is 13.2 Å². The highest BCUT2D eigenvalue weighted by Gasteiger charge is 2.39. The molecule has 0 unspecified atom stereocenters. The van der Waals surface area contributed by atoms with E-state index in [1.54, 1.807) is 0 Å². The number of imide groups is 1. The van der Waals surface area contributed by atoms with Crippen molar-refractivity contribution >= 4 is 17.8 Å². The number of rotatable bonds is 3. The van der Waals surface area contributed by atoms with Crippen LogP contribution in [0.5, 0.6) is 0 Å². The molecule has 0 heterocycles. The van der Waals surface area contributed by atoms with Gasteiger partial charge in [-0.1, -0.05) is 6.58 Å². The van der Waals surface area contributed by atoms with Gasteiger partial charge in [0.2, 0.25) is 0 Å². The van der Waals surface area contributed by atoms with E-state index >= 15 is 0 Å². The maximum absolute atomic E-state index is 11.7. The van der Waals surface area contributed by atoms with E-state index in [-0.39, 0.29) is 5.57 Å². The van der Waals surface area contributed by atoms with Crippen molar-refractivity contribution in [3.05, 3.63) is 12.2 Å². The molecule has 0 fully saturated rings. The van der Waals surface area contributed by atoms with Crippen LogP contribution in [0.2, 0.25) is 0 Å². The van der Waals surface area contributed by atoms with Crippen LogP contribution < -0.4 is 5.32 Å². The van der Waals surface area contributed by atoms with Gasteiger partial charge in [0.25, 0.3) is 5.91 Å². The molecule has 0 bridgehead atoms. The quantitative estimate of drug-likeness (QED) is 0.568. The second kappa shape index (κ2) is 5.29. The molecule has 2 amide bonds. The van der Waals surface area contributed by atoms with E-state index in [2.05, 4.69) is 11.3 Å². The number of halogens is 3. The lowest BCUT2D eigenvalue weighted by Gasteiger charge is -2.07. The summed E-state index contributed by atoms with van der Waals surface area (Å²) in [6.45, 7) is 3.49. The Bertz CT molecular complexity index is 335. The molecule has 0 aliphatic rings. The minimum absolute atomic E-state index is 0.0186. The van der Waals surface area contributed by atoms with E-state index < -0.39 is 30.6 Å². The molecule has 0 aromatic carbocycles. The molecule has 90 valence electrons. The Labute approximate surface area is 88.2 Å². The Morgan fingerprint density at radius 1 is 1.31 bits per heavy atom. The van der Waals surface area contributed by atoms with E-state index in [4.69, 9.17) is 0 Å². The van der Waals surface area contributed by atoms with Gasteiger partial charge in [-0.2, -0.15) is 13.2 Å². The third kappa shape index (κ3) is 5.13. The molecule has 0 atom stereocenters. The van der Waals surface area contributed by atoms with Gasteiger partial charge in [-0.05, 0) is 6.92 Å². The van der Waals surface area contributed by atoms with E-state index in [9.17, 15) is 27.6 Å². The lowest BCUT2D eigenvalue weighted by Crippen LogP contribution is -2.42. The highest BCUT2D eigenvalue weighted by Crippen LogP contribution is 2.13. The highest BCUT2D eigenvalue weighted by atomic mass is 19.4. The number of amides is 2. The Morgan fingerprint density at radius 2 is 1.81 bits per heavy atom. The molecule has 0 aliphatic carbocycles. The van der Waals surface area contributed by atoms with Crippen molar-refractivity contribution in [2.45, 2.75) is 13.1 Å². The van der Waals surface area contributed by atoms with Gasteiger partial charge >= 0.3 is 18.1 Å². The Kier molecular flexibility index (Phi) is 4.67. The maximum atomic E-state index is 11.7. The fourth-order valence-electron chi connectivity index (χ4n) is 0.488. The summed E-state index contributed by atoms with van der Waals surface area (Å²) < 4.78 is 39.2. The van der Waals surface area contributed by atoms with Crippen molar-refractivity contribution in [3.63, 3.8) is 0 Å². The number of hydrogen-bond acceptors (Lipinski definition) is 4. The number of hydrogen-bond donors (Lipinski definition) is 1. The maximum Gasteiger partial charge on any atom is 0.471 e. The van der Waals surface area contributed by atoms with Crippen LogP contribution >= 0.6 is 0 Å². The van der Waals surface area contributed by atoms with E-state index in [1.165, 1.54) is 6.92 Å². The van der Waals surface area contributed by atoms with Crippen LogP contribution in [-0.2, 0) is 19.1 Å². The molecule has 0 saturated carbocycles. The Balaban J connectivity index is 4.07.